The summed E-state index contributed by atoms with van der Waals surface area (Å²) >= 11 is 7.23. The molecule has 0 spiro atoms. The lowest BCUT2D eigenvalue weighted by Crippen LogP contribution is -1.86. The molecular formula is C6H9ClN2OS. The minimum absolute atomic E-state index is 0.298. The lowest BCUT2D eigenvalue weighted by atomic mass is 10.5. The first-order chi connectivity index (χ1) is 5.36. The van der Waals surface area contributed by atoms with Crippen molar-refractivity contribution < 1.29 is 4.42 Å². The van der Waals surface area contributed by atoms with E-state index in [0.29, 0.717) is 17.7 Å². The Morgan fingerprint density at radius 1 is 1.45 bits per heavy atom. The van der Waals surface area contributed by atoms with E-state index in [1.54, 1.807) is 11.8 Å². The highest BCUT2D eigenvalue weighted by molar-refractivity contribution is 7.98. The van der Waals surface area contributed by atoms with Crippen LogP contribution >= 0.6 is 23.4 Å². The molecule has 3 nitrogen and oxygen atoms in total. The number of halogens is 1. The van der Waals surface area contributed by atoms with Crippen LogP contribution in [-0.2, 0) is 12.3 Å². The number of alkyl halides is 1. The molecular weight excluding hydrogens is 184 g/mol. The van der Waals surface area contributed by atoms with Crippen LogP contribution < -0.4 is 0 Å². The molecule has 1 heterocycles. The predicted molar refractivity (Wildman–Crippen MR) is 45.9 cm³/mol. The highest BCUT2D eigenvalue weighted by atomic mass is 35.5. The summed E-state index contributed by atoms with van der Waals surface area (Å²) in [5.74, 6) is 2.48. The van der Waals surface area contributed by atoms with Gasteiger partial charge < -0.3 is 4.42 Å². The van der Waals surface area contributed by atoms with Gasteiger partial charge in [0.15, 0.2) is 0 Å². The summed E-state index contributed by atoms with van der Waals surface area (Å²) < 4.78 is 5.17. The Bertz CT molecular complexity index is 216. The highest BCUT2D eigenvalue weighted by Gasteiger charge is 2.02. The molecule has 1 rings (SSSR count). The van der Waals surface area contributed by atoms with Gasteiger partial charge in [-0.3, -0.25) is 0 Å². The summed E-state index contributed by atoms with van der Waals surface area (Å²) in [7, 11) is 0. The van der Waals surface area contributed by atoms with Gasteiger partial charge in [-0.05, 0) is 6.26 Å². The Morgan fingerprint density at radius 3 is 2.73 bits per heavy atom. The van der Waals surface area contributed by atoms with Gasteiger partial charge in [-0.15, -0.1) is 21.8 Å². The number of aryl methyl sites for hydroxylation is 1. The molecule has 0 aliphatic carbocycles. The molecule has 0 amide bonds. The first-order valence-electron chi connectivity index (χ1n) is 3.23. The van der Waals surface area contributed by atoms with Crippen LogP contribution in [0.2, 0.25) is 0 Å². The van der Waals surface area contributed by atoms with Gasteiger partial charge in [0.2, 0.25) is 11.8 Å². The maximum Gasteiger partial charge on any atom is 0.231 e. The van der Waals surface area contributed by atoms with Crippen molar-refractivity contribution in [2.45, 2.75) is 12.3 Å². The Kier molecular flexibility index (Phi) is 3.72. The quantitative estimate of drug-likeness (QED) is 0.681. The fraction of sp³-hybridized carbons (Fsp3) is 0.667. The molecule has 62 valence electrons. The van der Waals surface area contributed by atoms with Crippen LogP contribution in [0, 0.1) is 0 Å². The number of hydrogen-bond acceptors (Lipinski definition) is 4. The van der Waals surface area contributed by atoms with Gasteiger partial charge in [0.05, 0.1) is 0 Å². The maximum absolute atomic E-state index is 5.47. The van der Waals surface area contributed by atoms with Crippen molar-refractivity contribution in [1.29, 1.82) is 0 Å². The van der Waals surface area contributed by atoms with Crippen LogP contribution in [0.15, 0.2) is 4.42 Å². The van der Waals surface area contributed by atoms with Crippen molar-refractivity contribution in [3.63, 3.8) is 0 Å². The van der Waals surface area contributed by atoms with Crippen molar-refractivity contribution in [2.75, 3.05) is 12.0 Å². The third kappa shape index (κ3) is 2.71. The molecule has 0 fully saturated rings. The summed E-state index contributed by atoms with van der Waals surface area (Å²) in [5.41, 5.74) is 0. The van der Waals surface area contributed by atoms with Gasteiger partial charge in [0, 0.05) is 12.2 Å². The molecule has 0 saturated carbocycles. The monoisotopic (exact) mass is 192 g/mol. The third-order valence-electron chi connectivity index (χ3n) is 1.14. The second-order valence-electron chi connectivity index (χ2n) is 1.97. The number of thioether (sulfide) groups is 1. The van der Waals surface area contributed by atoms with Crippen molar-refractivity contribution in [2.24, 2.45) is 0 Å². The topological polar surface area (TPSA) is 38.9 Å². The number of rotatable bonds is 4. The smallest absolute Gasteiger partial charge is 0.231 e. The molecule has 5 heteroatoms. The molecule has 0 saturated heterocycles. The number of aromatic nitrogens is 2. The Balaban J connectivity index is 2.44. The third-order valence-corrected chi connectivity index (χ3v) is 1.98. The predicted octanol–water partition coefficient (Wildman–Crippen LogP) is 1.71. The van der Waals surface area contributed by atoms with E-state index in [4.69, 9.17) is 16.0 Å². The maximum atomic E-state index is 5.47. The standard InChI is InChI=1S/C6H9ClN2OS/c1-11-3-2-5-8-9-6(4-7)10-5/h2-4H2,1H3. The molecule has 0 atom stereocenters. The van der Waals surface area contributed by atoms with E-state index in [0.717, 1.165) is 12.2 Å². The molecule has 1 aromatic rings. The minimum Gasteiger partial charge on any atom is -0.424 e. The molecule has 0 aliphatic rings. The lowest BCUT2D eigenvalue weighted by Gasteiger charge is -1.88. The van der Waals surface area contributed by atoms with Crippen LogP contribution in [-0.4, -0.2) is 22.2 Å². The van der Waals surface area contributed by atoms with E-state index in [1.165, 1.54) is 0 Å². The Morgan fingerprint density at radius 2 is 2.18 bits per heavy atom. The summed E-state index contributed by atoms with van der Waals surface area (Å²) in [5, 5.41) is 7.54. The van der Waals surface area contributed by atoms with Crippen LogP contribution in [0.3, 0.4) is 0 Å². The van der Waals surface area contributed by atoms with Crippen LogP contribution in [0.5, 0.6) is 0 Å². The van der Waals surface area contributed by atoms with Gasteiger partial charge >= 0.3 is 0 Å². The number of nitrogens with zero attached hydrogens (tertiary/aromatic N) is 2. The van der Waals surface area contributed by atoms with Crippen LogP contribution in [0.25, 0.3) is 0 Å². The SMILES string of the molecule is CSCCc1nnc(CCl)o1. The van der Waals surface area contributed by atoms with Gasteiger partial charge in [-0.2, -0.15) is 11.8 Å². The fourth-order valence-corrected chi connectivity index (χ4v) is 1.12. The zero-order valence-corrected chi connectivity index (χ0v) is 7.78. The average Bonchev–Trinajstić information content (AvgIpc) is 2.48. The van der Waals surface area contributed by atoms with Gasteiger partial charge in [0.25, 0.3) is 0 Å². The van der Waals surface area contributed by atoms with Gasteiger partial charge in [-0.25, -0.2) is 0 Å². The van der Waals surface area contributed by atoms with E-state index in [1.807, 2.05) is 6.26 Å². The molecule has 0 N–H and O–H groups in total. The molecule has 0 radical (unpaired) electrons. The minimum atomic E-state index is 0.298. The van der Waals surface area contributed by atoms with Crippen LogP contribution in [0.1, 0.15) is 11.8 Å². The molecule has 11 heavy (non-hydrogen) atoms. The first-order valence-corrected chi connectivity index (χ1v) is 5.16. The van der Waals surface area contributed by atoms with Crippen molar-refractivity contribution in [3.8, 4) is 0 Å². The van der Waals surface area contributed by atoms with Crippen molar-refractivity contribution >= 4 is 23.4 Å². The zero-order valence-electron chi connectivity index (χ0n) is 6.21. The summed E-state index contributed by atoms with van der Waals surface area (Å²) in [6, 6.07) is 0. The van der Waals surface area contributed by atoms with E-state index >= 15 is 0 Å². The summed E-state index contributed by atoms with van der Waals surface area (Å²) in [6.45, 7) is 0. The summed E-state index contributed by atoms with van der Waals surface area (Å²) in [6.07, 6.45) is 2.86. The van der Waals surface area contributed by atoms with Gasteiger partial charge in [0.1, 0.15) is 5.88 Å². The molecule has 0 unspecified atom stereocenters. The van der Waals surface area contributed by atoms with Crippen molar-refractivity contribution in [1.82, 2.24) is 10.2 Å². The zero-order chi connectivity index (χ0) is 8.10. The summed E-state index contributed by atoms with van der Waals surface area (Å²) in [4.78, 5) is 0. The van der Waals surface area contributed by atoms with Crippen molar-refractivity contribution in [3.05, 3.63) is 11.8 Å². The lowest BCUT2D eigenvalue weighted by molar-refractivity contribution is 0.470. The average molecular weight is 193 g/mol. The van der Waals surface area contributed by atoms with Gasteiger partial charge in [-0.1, -0.05) is 0 Å². The van der Waals surface area contributed by atoms with Crippen LogP contribution in [0.4, 0.5) is 0 Å². The van der Waals surface area contributed by atoms with E-state index in [-0.39, 0.29) is 0 Å². The molecule has 0 aromatic carbocycles. The van der Waals surface area contributed by atoms with E-state index in [2.05, 4.69) is 10.2 Å². The normalized spacial score (nSPS) is 10.4. The molecule has 1 aromatic heterocycles. The second-order valence-corrected chi connectivity index (χ2v) is 3.22. The Hall–Kier alpha value is -0.220. The van der Waals surface area contributed by atoms with E-state index in [9.17, 15) is 0 Å². The fourth-order valence-electron chi connectivity index (χ4n) is 0.633. The molecule has 0 bridgehead atoms. The molecule has 0 aliphatic heterocycles. The largest absolute Gasteiger partial charge is 0.424 e. The first kappa shape index (κ1) is 8.87. The Labute approximate surface area is 74.5 Å². The van der Waals surface area contributed by atoms with E-state index < -0.39 is 0 Å². The highest BCUT2D eigenvalue weighted by Crippen LogP contribution is 2.05. The second kappa shape index (κ2) is 4.62. The number of hydrogen-bond donors (Lipinski definition) is 0.